The van der Waals surface area contributed by atoms with Gasteiger partial charge in [-0.05, 0) is 18.6 Å². The average Bonchev–Trinajstić information content (AvgIpc) is 2.36. The van der Waals surface area contributed by atoms with Crippen molar-refractivity contribution < 1.29 is 19.5 Å². The molecule has 0 saturated heterocycles. The average molecular weight is 285 g/mol. The maximum absolute atomic E-state index is 11.6. The molecule has 0 saturated carbocycles. The molecule has 0 bridgehead atoms. The molecule has 0 aromatic heterocycles. The molecule has 1 aromatic carbocycles. The summed E-state index contributed by atoms with van der Waals surface area (Å²) < 4.78 is 0. The van der Waals surface area contributed by atoms with Crippen molar-refractivity contribution in [3.63, 3.8) is 0 Å². The van der Waals surface area contributed by atoms with Crippen LogP contribution in [0, 0.1) is 0 Å². The van der Waals surface area contributed by atoms with E-state index in [1.54, 1.807) is 18.2 Å². The first kappa shape index (κ1) is 15.0. The minimum Gasteiger partial charge on any atom is -0.481 e. The Morgan fingerprint density at radius 2 is 1.79 bits per heavy atom. The van der Waals surface area contributed by atoms with E-state index >= 15 is 0 Å². The lowest BCUT2D eigenvalue weighted by Gasteiger charge is -2.07. The number of aliphatic carboxylic acids is 1. The summed E-state index contributed by atoms with van der Waals surface area (Å²) in [5.74, 6) is -1.95. The number of carbonyl (C=O) groups is 3. The van der Waals surface area contributed by atoms with Crippen LogP contribution in [0.1, 0.15) is 29.6 Å². The number of hydrazine groups is 1. The molecule has 19 heavy (non-hydrogen) atoms. The van der Waals surface area contributed by atoms with Crippen molar-refractivity contribution in [2.45, 2.75) is 19.3 Å². The Balaban J connectivity index is 2.36. The fourth-order valence-electron chi connectivity index (χ4n) is 1.30. The largest absolute Gasteiger partial charge is 0.481 e. The Kier molecular flexibility index (Phi) is 5.81. The normalized spacial score (nSPS) is 9.74. The summed E-state index contributed by atoms with van der Waals surface area (Å²) in [5, 5.41) is 8.69. The van der Waals surface area contributed by atoms with E-state index in [9.17, 15) is 14.4 Å². The van der Waals surface area contributed by atoms with Gasteiger partial charge in [0.2, 0.25) is 5.91 Å². The van der Waals surface area contributed by atoms with E-state index < -0.39 is 17.8 Å². The Morgan fingerprint density at radius 3 is 2.42 bits per heavy atom. The zero-order valence-electron chi connectivity index (χ0n) is 9.98. The molecule has 0 fully saturated rings. The monoisotopic (exact) mass is 284 g/mol. The van der Waals surface area contributed by atoms with Crippen LogP contribution in [0.3, 0.4) is 0 Å². The standard InChI is InChI=1S/C12H13ClN2O4/c13-9-5-2-1-4-8(9)12(19)15-14-10(16)6-3-7-11(17)18/h1-2,4-5H,3,6-7H2,(H,14,16)(H,15,19)(H,17,18). The summed E-state index contributed by atoms with van der Waals surface area (Å²) in [6.07, 6.45) is 0.143. The minimum atomic E-state index is -0.965. The van der Waals surface area contributed by atoms with Crippen molar-refractivity contribution in [3.05, 3.63) is 34.9 Å². The van der Waals surface area contributed by atoms with E-state index in [-0.39, 0.29) is 29.8 Å². The highest BCUT2D eigenvalue weighted by molar-refractivity contribution is 6.33. The van der Waals surface area contributed by atoms with Crippen LogP contribution in [0.15, 0.2) is 24.3 Å². The third kappa shape index (κ3) is 5.39. The number of carboxylic acid groups (broad SMARTS) is 1. The summed E-state index contributed by atoms with van der Waals surface area (Å²) >= 11 is 5.81. The number of benzene rings is 1. The van der Waals surface area contributed by atoms with Crippen LogP contribution < -0.4 is 10.9 Å². The number of carbonyl (C=O) groups excluding carboxylic acids is 2. The highest BCUT2D eigenvalue weighted by atomic mass is 35.5. The molecule has 0 spiro atoms. The molecule has 2 amide bonds. The number of halogens is 1. The molecule has 1 aromatic rings. The van der Waals surface area contributed by atoms with Gasteiger partial charge in [0.25, 0.3) is 5.91 Å². The van der Waals surface area contributed by atoms with Crippen LogP contribution >= 0.6 is 11.6 Å². The maximum atomic E-state index is 11.6. The molecule has 1 rings (SSSR count). The van der Waals surface area contributed by atoms with E-state index in [1.165, 1.54) is 6.07 Å². The summed E-state index contributed by atoms with van der Waals surface area (Å²) in [6, 6.07) is 6.42. The minimum absolute atomic E-state index is 0.0229. The van der Waals surface area contributed by atoms with Crippen LogP contribution in [0.4, 0.5) is 0 Å². The van der Waals surface area contributed by atoms with Gasteiger partial charge in [-0.1, -0.05) is 23.7 Å². The summed E-state index contributed by atoms with van der Waals surface area (Å²) in [5.41, 5.74) is 4.64. The predicted octanol–water partition coefficient (Wildman–Crippen LogP) is 1.36. The predicted molar refractivity (Wildman–Crippen MR) is 68.5 cm³/mol. The molecule has 0 aliphatic rings. The van der Waals surface area contributed by atoms with Crippen molar-refractivity contribution in [3.8, 4) is 0 Å². The van der Waals surface area contributed by atoms with E-state index in [0.29, 0.717) is 0 Å². The van der Waals surface area contributed by atoms with Gasteiger partial charge in [-0.25, -0.2) is 0 Å². The number of hydrogen-bond acceptors (Lipinski definition) is 3. The summed E-state index contributed by atoms with van der Waals surface area (Å²) in [7, 11) is 0. The second-order valence-corrected chi connectivity index (χ2v) is 4.14. The quantitative estimate of drug-likeness (QED) is 0.711. The molecular formula is C12H13ClN2O4. The number of rotatable bonds is 5. The zero-order chi connectivity index (χ0) is 14.3. The van der Waals surface area contributed by atoms with E-state index in [2.05, 4.69) is 10.9 Å². The number of nitrogens with one attached hydrogen (secondary N) is 2. The van der Waals surface area contributed by atoms with Gasteiger partial charge in [0.1, 0.15) is 0 Å². The van der Waals surface area contributed by atoms with Crippen molar-refractivity contribution in [2.24, 2.45) is 0 Å². The van der Waals surface area contributed by atoms with Gasteiger partial charge < -0.3 is 5.11 Å². The Morgan fingerprint density at radius 1 is 1.11 bits per heavy atom. The highest BCUT2D eigenvalue weighted by Gasteiger charge is 2.10. The lowest BCUT2D eigenvalue weighted by molar-refractivity contribution is -0.137. The van der Waals surface area contributed by atoms with Crippen LogP contribution in [0.25, 0.3) is 0 Å². The first-order chi connectivity index (χ1) is 9.00. The number of hydrogen-bond donors (Lipinski definition) is 3. The van der Waals surface area contributed by atoms with Gasteiger partial charge >= 0.3 is 5.97 Å². The molecule has 0 heterocycles. The third-order valence-corrected chi connectivity index (χ3v) is 2.56. The van der Waals surface area contributed by atoms with E-state index in [4.69, 9.17) is 16.7 Å². The molecule has 6 nitrogen and oxygen atoms in total. The lowest BCUT2D eigenvalue weighted by Crippen LogP contribution is -2.41. The van der Waals surface area contributed by atoms with Crippen molar-refractivity contribution in [2.75, 3.05) is 0 Å². The highest BCUT2D eigenvalue weighted by Crippen LogP contribution is 2.14. The van der Waals surface area contributed by atoms with Crippen LogP contribution in [0.2, 0.25) is 5.02 Å². The van der Waals surface area contributed by atoms with E-state index in [1.807, 2.05) is 0 Å². The smallest absolute Gasteiger partial charge is 0.303 e. The summed E-state index contributed by atoms with van der Waals surface area (Å²) in [6.45, 7) is 0. The molecule has 0 atom stereocenters. The first-order valence-electron chi connectivity index (χ1n) is 5.56. The lowest BCUT2D eigenvalue weighted by atomic mass is 10.2. The molecule has 0 radical (unpaired) electrons. The van der Waals surface area contributed by atoms with Gasteiger partial charge in [0.15, 0.2) is 0 Å². The maximum Gasteiger partial charge on any atom is 0.303 e. The molecule has 7 heteroatoms. The van der Waals surface area contributed by atoms with E-state index in [0.717, 1.165) is 0 Å². The van der Waals surface area contributed by atoms with Crippen molar-refractivity contribution >= 4 is 29.4 Å². The van der Waals surface area contributed by atoms with Gasteiger partial charge in [-0.2, -0.15) is 0 Å². The van der Waals surface area contributed by atoms with Gasteiger partial charge in [-0.15, -0.1) is 0 Å². The van der Waals surface area contributed by atoms with Crippen molar-refractivity contribution in [1.29, 1.82) is 0 Å². The Bertz CT molecular complexity index is 490. The van der Waals surface area contributed by atoms with Crippen LogP contribution in [-0.2, 0) is 9.59 Å². The second-order valence-electron chi connectivity index (χ2n) is 3.73. The molecule has 0 aliphatic carbocycles. The molecule has 102 valence electrons. The van der Waals surface area contributed by atoms with Gasteiger partial charge in [0, 0.05) is 12.8 Å². The Labute approximate surface area is 114 Å². The van der Waals surface area contributed by atoms with Crippen molar-refractivity contribution in [1.82, 2.24) is 10.9 Å². The summed E-state index contributed by atoms with van der Waals surface area (Å²) in [4.78, 5) is 33.2. The molecular weight excluding hydrogens is 272 g/mol. The fraction of sp³-hybridized carbons (Fsp3) is 0.250. The second kappa shape index (κ2) is 7.38. The molecule has 0 aliphatic heterocycles. The SMILES string of the molecule is O=C(O)CCCC(=O)NNC(=O)c1ccccc1Cl. The topological polar surface area (TPSA) is 95.5 Å². The Hall–Kier alpha value is -2.08. The third-order valence-electron chi connectivity index (χ3n) is 2.23. The molecule has 3 N–H and O–H groups in total. The fourth-order valence-corrected chi connectivity index (χ4v) is 1.52. The molecule has 0 unspecified atom stereocenters. The zero-order valence-corrected chi connectivity index (χ0v) is 10.7. The van der Waals surface area contributed by atoms with Gasteiger partial charge in [0.05, 0.1) is 10.6 Å². The van der Waals surface area contributed by atoms with Gasteiger partial charge in [-0.3, -0.25) is 25.2 Å². The first-order valence-corrected chi connectivity index (χ1v) is 5.94. The van der Waals surface area contributed by atoms with Crippen LogP contribution in [-0.4, -0.2) is 22.9 Å². The number of amides is 2. The number of carboxylic acids is 1. The van der Waals surface area contributed by atoms with Crippen LogP contribution in [0.5, 0.6) is 0 Å².